The van der Waals surface area contributed by atoms with Crippen LogP contribution in [0.4, 0.5) is 0 Å². The third-order valence-corrected chi connectivity index (χ3v) is 3.00. The summed E-state index contributed by atoms with van der Waals surface area (Å²) in [7, 11) is 0. The lowest BCUT2D eigenvalue weighted by Gasteiger charge is -2.37. The van der Waals surface area contributed by atoms with E-state index in [2.05, 4.69) is 45.6 Å². The number of thiol groups is 1. The van der Waals surface area contributed by atoms with Gasteiger partial charge in [0.05, 0.1) is 0 Å². The Labute approximate surface area is 79.6 Å². The Bertz CT molecular complexity index is 218. The summed E-state index contributed by atoms with van der Waals surface area (Å²) in [6.45, 7) is 6.34. The van der Waals surface area contributed by atoms with Crippen LogP contribution in [0.15, 0.2) is 12.2 Å². The minimum Gasteiger partial charge on any atom is -0.287 e. The predicted molar refractivity (Wildman–Crippen MR) is 54.2 cm³/mol. The Kier molecular flexibility index (Phi) is 2.67. The van der Waals surface area contributed by atoms with E-state index < -0.39 is 0 Å². The average Bonchev–Trinajstić information content (AvgIpc) is 1.82. The fourth-order valence-electron chi connectivity index (χ4n) is 2.10. The summed E-state index contributed by atoms with van der Waals surface area (Å²) in [6, 6.07) is 0. The highest BCUT2D eigenvalue weighted by Crippen LogP contribution is 2.41. The van der Waals surface area contributed by atoms with E-state index in [0.717, 1.165) is 6.42 Å². The van der Waals surface area contributed by atoms with Gasteiger partial charge >= 0.3 is 0 Å². The van der Waals surface area contributed by atoms with Crippen LogP contribution in [0.25, 0.3) is 0 Å². The molecule has 1 rings (SSSR count). The third kappa shape index (κ3) is 1.74. The zero-order valence-corrected chi connectivity index (χ0v) is 8.77. The molecule has 1 nitrogen and oxygen atoms in total. The Morgan fingerprint density at radius 2 is 2.17 bits per heavy atom. The van der Waals surface area contributed by atoms with Crippen molar-refractivity contribution in [3.8, 4) is 0 Å². The first-order valence-corrected chi connectivity index (χ1v) is 4.79. The van der Waals surface area contributed by atoms with Gasteiger partial charge in [-0.25, -0.2) is 0 Å². The molecule has 0 bridgehead atoms. The Morgan fingerprint density at radius 1 is 1.58 bits per heavy atom. The highest BCUT2D eigenvalue weighted by molar-refractivity contribution is 7.96. The van der Waals surface area contributed by atoms with Crippen LogP contribution in [-0.4, -0.2) is 5.12 Å². The van der Waals surface area contributed by atoms with Crippen LogP contribution in [-0.2, 0) is 4.79 Å². The summed E-state index contributed by atoms with van der Waals surface area (Å²) in [5.41, 5.74) is 0.0764. The van der Waals surface area contributed by atoms with E-state index in [-0.39, 0.29) is 16.4 Å². The van der Waals surface area contributed by atoms with E-state index in [0.29, 0.717) is 5.92 Å². The van der Waals surface area contributed by atoms with Crippen molar-refractivity contribution in [1.29, 1.82) is 0 Å². The number of carbonyl (C=O) groups is 1. The van der Waals surface area contributed by atoms with Gasteiger partial charge in [-0.3, -0.25) is 4.79 Å². The topological polar surface area (TPSA) is 17.1 Å². The number of hydrogen-bond donors (Lipinski definition) is 1. The molecule has 2 heteroatoms. The standard InChI is InChI=1S/C10H16OS/c1-7-5-4-6-10(2,3)8(7)9(11)12/h4-5,7-8H,6H2,1-3H3,(H,11,12). The molecule has 0 saturated heterocycles. The second-order valence-corrected chi connectivity index (χ2v) is 4.74. The molecule has 0 aromatic carbocycles. The van der Waals surface area contributed by atoms with E-state index in [1.807, 2.05) is 0 Å². The second-order valence-electron chi connectivity index (χ2n) is 4.30. The summed E-state index contributed by atoms with van der Waals surface area (Å²) in [5, 5.41) is 0.0249. The fraction of sp³-hybridized carbons (Fsp3) is 0.700. The minimum absolute atomic E-state index is 0.0249. The Morgan fingerprint density at radius 3 is 2.50 bits per heavy atom. The lowest BCUT2D eigenvalue weighted by Crippen LogP contribution is -2.35. The molecule has 0 fully saturated rings. The van der Waals surface area contributed by atoms with Crippen LogP contribution in [0, 0.1) is 17.3 Å². The zero-order chi connectivity index (χ0) is 9.35. The Balaban J connectivity index is 2.92. The van der Waals surface area contributed by atoms with Crippen molar-refractivity contribution >= 4 is 17.7 Å². The third-order valence-electron chi connectivity index (χ3n) is 2.72. The van der Waals surface area contributed by atoms with Gasteiger partial charge in [-0.2, -0.15) is 0 Å². The maximum atomic E-state index is 11.3. The minimum atomic E-state index is 0.0249. The van der Waals surface area contributed by atoms with Crippen molar-refractivity contribution in [2.45, 2.75) is 27.2 Å². The molecule has 0 aromatic heterocycles. The first-order chi connectivity index (χ1) is 5.45. The number of allylic oxidation sites excluding steroid dienone is 2. The van der Waals surface area contributed by atoms with Crippen molar-refractivity contribution in [3.63, 3.8) is 0 Å². The molecule has 1 aliphatic rings. The van der Waals surface area contributed by atoms with Crippen molar-refractivity contribution in [2.75, 3.05) is 0 Å². The van der Waals surface area contributed by atoms with E-state index in [1.165, 1.54) is 0 Å². The van der Waals surface area contributed by atoms with Crippen LogP contribution < -0.4 is 0 Å². The summed E-state index contributed by atoms with van der Waals surface area (Å²) in [4.78, 5) is 11.3. The molecule has 12 heavy (non-hydrogen) atoms. The van der Waals surface area contributed by atoms with Gasteiger partial charge in [0.25, 0.3) is 0 Å². The molecule has 68 valence electrons. The van der Waals surface area contributed by atoms with Crippen LogP contribution >= 0.6 is 12.6 Å². The molecule has 1 aliphatic carbocycles. The molecule has 0 saturated carbocycles. The number of rotatable bonds is 1. The lowest BCUT2D eigenvalue weighted by atomic mass is 9.68. The summed E-state index contributed by atoms with van der Waals surface area (Å²) in [6.07, 6.45) is 5.26. The van der Waals surface area contributed by atoms with Gasteiger partial charge in [-0.1, -0.05) is 32.9 Å². The van der Waals surface area contributed by atoms with Gasteiger partial charge in [0.1, 0.15) is 0 Å². The number of carbonyl (C=O) groups excluding carboxylic acids is 1. The van der Waals surface area contributed by atoms with E-state index >= 15 is 0 Å². The molecule has 2 atom stereocenters. The van der Waals surface area contributed by atoms with Crippen LogP contribution in [0.1, 0.15) is 27.2 Å². The Hall–Kier alpha value is -0.240. The number of hydrogen-bond acceptors (Lipinski definition) is 1. The maximum Gasteiger partial charge on any atom is 0.190 e. The molecule has 0 amide bonds. The van der Waals surface area contributed by atoms with Crippen molar-refractivity contribution in [1.82, 2.24) is 0 Å². The quantitative estimate of drug-likeness (QED) is 0.490. The monoisotopic (exact) mass is 184 g/mol. The van der Waals surface area contributed by atoms with E-state index in [9.17, 15) is 4.79 Å². The van der Waals surface area contributed by atoms with E-state index in [1.54, 1.807) is 0 Å². The first kappa shape index (κ1) is 9.85. The second kappa shape index (κ2) is 3.25. The summed E-state index contributed by atoms with van der Waals surface area (Å²) >= 11 is 3.94. The molecular weight excluding hydrogens is 168 g/mol. The molecule has 2 unspecified atom stereocenters. The van der Waals surface area contributed by atoms with Gasteiger partial charge in [-0.05, 0) is 17.8 Å². The van der Waals surface area contributed by atoms with Gasteiger partial charge in [-0.15, -0.1) is 12.6 Å². The smallest absolute Gasteiger partial charge is 0.190 e. The van der Waals surface area contributed by atoms with Crippen LogP contribution in [0.3, 0.4) is 0 Å². The van der Waals surface area contributed by atoms with Crippen LogP contribution in [0.5, 0.6) is 0 Å². The van der Waals surface area contributed by atoms with Crippen LogP contribution in [0.2, 0.25) is 0 Å². The fourth-order valence-corrected chi connectivity index (χ4v) is 2.68. The summed E-state index contributed by atoms with van der Waals surface area (Å²) < 4.78 is 0. The van der Waals surface area contributed by atoms with Crippen molar-refractivity contribution < 1.29 is 4.79 Å². The van der Waals surface area contributed by atoms with Gasteiger partial charge < -0.3 is 0 Å². The largest absolute Gasteiger partial charge is 0.287 e. The van der Waals surface area contributed by atoms with Gasteiger partial charge in [0.2, 0.25) is 0 Å². The summed E-state index contributed by atoms with van der Waals surface area (Å²) in [5.74, 6) is 0.407. The highest BCUT2D eigenvalue weighted by Gasteiger charge is 2.37. The normalized spacial score (nSPS) is 33.3. The molecule has 0 heterocycles. The predicted octanol–water partition coefficient (Wildman–Crippen LogP) is 2.68. The molecule has 0 N–H and O–H groups in total. The van der Waals surface area contributed by atoms with Gasteiger partial charge in [0.15, 0.2) is 5.12 Å². The van der Waals surface area contributed by atoms with Gasteiger partial charge in [0, 0.05) is 5.92 Å². The highest BCUT2D eigenvalue weighted by atomic mass is 32.1. The van der Waals surface area contributed by atoms with E-state index in [4.69, 9.17) is 0 Å². The molecule has 0 aliphatic heterocycles. The molecule has 0 spiro atoms. The molecule has 0 radical (unpaired) electrons. The van der Waals surface area contributed by atoms with Crippen molar-refractivity contribution in [3.05, 3.63) is 12.2 Å². The molecular formula is C10H16OS. The lowest BCUT2D eigenvalue weighted by molar-refractivity contribution is -0.119. The first-order valence-electron chi connectivity index (χ1n) is 4.34. The molecule has 0 aromatic rings. The van der Waals surface area contributed by atoms with Crippen molar-refractivity contribution in [2.24, 2.45) is 17.3 Å². The maximum absolute atomic E-state index is 11.3. The zero-order valence-electron chi connectivity index (χ0n) is 7.87. The average molecular weight is 184 g/mol. The SMILES string of the molecule is CC1C=CCC(C)(C)C1C(=O)S.